The molecule has 0 radical (unpaired) electrons. The lowest BCUT2D eigenvalue weighted by Crippen LogP contribution is -2.24. The minimum absolute atomic E-state index is 0.137. The Bertz CT molecular complexity index is 1670. The molecule has 0 bridgehead atoms. The Morgan fingerprint density at radius 1 is 0.970 bits per heavy atom. The van der Waals surface area contributed by atoms with Gasteiger partial charge in [-0.1, -0.05) is 36.4 Å². The Hall–Kier alpha value is -3.68. The van der Waals surface area contributed by atoms with Crippen molar-refractivity contribution in [3.05, 3.63) is 59.7 Å². The summed E-state index contributed by atoms with van der Waals surface area (Å²) in [5, 5.41) is 5.97. The molecule has 0 spiro atoms. The van der Waals surface area contributed by atoms with Gasteiger partial charge >= 0.3 is 0 Å². The highest BCUT2D eigenvalue weighted by atomic mass is 16.7. The molecule has 0 saturated carbocycles. The molecular weight excluding hydrogens is 418 g/mol. The lowest BCUT2D eigenvalue weighted by molar-refractivity contribution is -0.139. The van der Waals surface area contributed by atoms with Crippen molar-refractivity contribution in [2.24, 2.45) is 0 Å². The highest BCUT2D eigenvalue weighted by Crippen LogP contribution is 2.43. The third-order valence-corrected chi connectivity index (χ3v) is 6.80. The minimum Gasteiger partial charge on any atom is -0.353 e. The number of nitrogens with one attached hydrogen (secondary N) is 2. The topological polar surface area (TPSA) is 85.4 Å². The fourth-order valence-corrected chi connectivity index (χ4v) is 5.57. The molecule has 2 N–H and O–H groups in total. The molecule has 0 aliphatic carbocycles. The summed E-state index contributed by atoms with van der Waals surface area (Å²) in [7, 11) is 0. The SMILES string of the molecule is CC1(C)OCC(Cn2c3ccccc3c3c4c(c5c6ccccc6[nH]c5c32)C(=O)NC4=O)O1. The molecular formula is C26H21N3O4. The number of carbonyl (C=O) groups is 2. The van der Waals surface area contributed by atoms with Crippen LogP contribution in [0.4, 0.5) is 0 Å². The molecule has 1 unspecified atom stereocenters. The number of nitrogens with zero attached hydrogens (tertiary/aromatic N) is 1. The summed E-state index contributed by atoms with van der Waals surface area (Å²) >= 11 is 0. The lowest BCUT2D eigenvalue weighted by atomic mass is 9.97. The van der Waals surface area contributed by atoms with E-state index in [1.165, 1.54) is 0 Å². The normalized spacial score (nSPS) is 19.9. The van der Waals surface area contributed by atoms with E-state index in [-0.39, 0.29) is 17.9 Å². The first-order valence-corrected chi connectivity index (χ1v) is 11.1. The van der Waals surface area contributed by atoms with Gasteiger partial charge < -0.3 is 19.0 Å². The van der Waals surface area contributed by atoms with Gasteiger partial charge in [0.25, 0.3) is 11.8 Å². The van der Waals surface area contributed by atoms with E-state index in [1.54, 1.807) is 0 Å². The molecule has 7 nitrogen and oxygen atoms in total. The van der Waals surface area contributed by atoms with Gasteiger partial charge in [0.05, 0.1) is 35.3 Å². The molecule has 164 valence electrons. The van der Waals surface area contributed by atoms with E-state index in [9.17, 15) is 9.59 Å². The van der Waals surface area contributed by atoms with Crippen LogP contribution in [0.25, 0.3) is 43.6 Å². The number of aromatic amines is 1. The van der Waals surface area contributed by atoms with Gasteiger partial charge in [-0.25, -0.2) is 0 Å². The molecule has 3 aromatic carbocycles. The molecule has 7 heteroatoms. The molecule has 2 aliphatic heterocycles. The smallest absolute Gasteiger partial charge is 0.259 e. The Morgan fingerprint density at radius 2 is 1.67 bits per heavy atom. The molecule has 2 aliphatic rings. The van der Waals surface area contributed by atoms with Crippen LogP contribution in [-0.2, 0) is 16.0 Å². The van der Waals surface area contributed by atoms with E-state index < -0.39 is 5.79 Å². The summed E-state index contributed by atoms with van der Waals surface area (Å²) in [6, 6.07) is 15.9. The zero-order chi connectivity index (χ0) is 22.5. The molecule has 1 saturated heterocycles. The lowest BCUT2D eigenvalue weighted by Gasteiger charge is -2.18. The predicted octanol–water partition coefficient (Wildman–Crippen LogP) is 4.46. The standard InChI is InChI=1S/C26H21N3O4/c1-26(2)32-12-13(33-26)11-29-17-10-6-4-8-15(17)19-21-20(24(30)28-25(21)31)18-14-7-3-5-9-16(14)27-22(18)23(19)29/h3-10,13,27H,11-12H2,1-2H3,(H,28,30,31). The predicted molar refractivity (Wildman–Crippen MR) is 126 cm³/mol. The molecule has 7 rings (SSSR count). The monoisotopic (exact) mass is 439 g/mol. The summed E-state index contributed by atoms with van der Waals surface area (Å²) in [6.45, 7) is 4.88. The first-order valence-electron chi connectivity index (χ1n) is 11.1. The minimum atomic E-state index is -0.632. The number of hydrogen-bond acceptors (Lipinski definition) is 4. The molecule has 1 fully saturated rings. The molecule has 33 heavy (non-hydrogen) atoms. The van der Waals surface area contributed by atoms with Gasteiger partial charge in [0.1, 0.15) is 6.10 Å². The maximum atomic E-state index is 13.1. The number of benzene rings is 3. The van der Waals surface area contributed by atoms with Crippen LogP contribution in [0.15, 0.2) is 48.5 Å². The van der Waals surface area contributed by atoms with Crippen LogP contribution in [0.2, 0.25) is 0 Å². The quantitative estimate of drug-likeness (QED) is 0.398. The van der Waals surface area contributed by atoms with Crippen LogP contribution in [0.5, 0.6) is 0 Å². The van der Waals surface area contributed by atoms with Gasteiger partial charge in [0, 0.05) is 32.6 Å². The zero-order valence-electron chi connectivity index (χ0n) is 18.2. The highest BCUT2D eigenvalue weighted by Gasteiger charge is 2.37. The summed E-state index contributed by atoms with van der Waals surface area (Å²) < 4.78 is 14.2. The largest absolute Gasteiger partial charge is 0.353 e. The first-order chi connectivity index (χ1) is 15.9. The number of imide groups is 1. The van der Waals surface area contributed by atoms with Crippen molar-refractivity contribution in [3.63, 3.8) is 0 Å². The van der Waals surface area contributed by atoms with Crippen molar-refractivity contribution in [1.29, 1.82) is 0 Å². The molecule has 5 aromatic rings. The Labute approximate surface area is 188 Å². The van der Waals surface area contributed by atoms with Crippen LogP contribution in [0, 0.1) is 0 Å². The van der Waals surface area contributed by atoms with E-state index in [4.69, 9.17) is 9.47 Å². The van der Waals surface area contributed by atoms with Gasteiger partial charge in [0.2, 0.25) is 0 Å². The fourth-order valence-electron chi connectivity index (χ4n) is 5.57. The number of aromatic nitrogens is 2. The van der Waals surface area contributed by atoms with E-state index in [0.717, 1.165) is 43.6 Å². The van der Waals surface area contributed by atoms with Crippen LogP contribution >= 0.6 is 0 Å². The second-order valence-corrected chi connectivity index (χ2v) is 9.26. The average Bonchev–Trinajstić information content (AvgIpc) is 3.50. The number of amides is 2. The zero-order valence-corrected chi connectivity index (χ0v) is 18.2. The van der Waals surface area contributed by atoms with Crippen molar-refractivity contribution in [2.45, 2.75) is 32.3 Å². The maximum absolute atomic E-state index is 13.1. The Morgan fingerprint density at radius 3 is 2.42 bits per heavy atom. The first kappa shape index (κ1) is 18.8. The number of para-hydroxylation sites is 2. The van der Waals surface area contributed by atoms with Crippen LogP contribution in [0.3, 0.4) is 0 Å². The molecule has 1 atom stereocenters. The summed E-state index contributed by atoms with van der Waals surface area (Å²) in [6.07, 6.45) is -0.137. The Kier molecular flexibility index (Phi) is 3.55. The maximum Gasteiger partial charge on any atom is 0.259 e. The second kappa shape index (κ2) is 6.21. The summed E-state index contributed by atoms with van der Waals surface area (Å²) in [5.41, 5.74) is 4.56. The summed E-state index contributed by atoms with van der Waals surface area (Å²) in [5.74, 6) is -1.33. The molecule has 2 amide bonds. The Balaban J connectivity index is 1.67. The van der Waals surface area contributed by atoms with E-state index in [2.05, 4.69) is 14.9 Å². The van der Waals surface area contributed by atoms with Crippen molar-refractivity contribution in [1.82, 2.24) is 14.9 Å². The molecule has 4 heterocycles. The van der Waals surface area contributed by atoms with Crippen molar-refractivity contribution in [3.8, 4) is 0 Å². The number of rotatable bonds is 2. The van der Waals surface area contributed by atoms with Crippen molar-refractivity contribution >= 4 is 55.4 Å². The third-order valence-electron chi connectivity index (χ3n) is 6.80. The summed E-state index contributed by atoms with van der Waals surface area (Å²) in [4.78, 5) is 29.6. The number of fused-ring (bicyclic) bond motifs is 10. The number of hydrogen-bond donors (Lipinski definition) is 2. The second-order valence-electron chi connectivity index (χ2n) is 9.26. The van der Waals surface area contributed by atoms with Gasteiger partial charge in [-0.3, -0.25) is 14.9 Å². The number of H-pyrrole nitrogens is 1. The number of ether oxygens (including phenoxy) is 2. The van der Waals surface area contributed by atoms with Gasteiger partial charge in [-0.2, -0.15) is 0 Å². The van der Waals surface area contributed by atoms with Gasteiger partial charge in [-0.05, 0) is 26.0 Å². The number of carbonyl (C=O) groups excluding carboxylic acids is 2. The van der Waals surface area contributed by atoms with Gasteiger partial charge in [0.15, 0.2) is 5.79 Å². The van der Waals surface area contributed by atoms with Crippen LogP contribution < -0.4 is 5.32 Å². The van der Waals surface area contributed by atoms with Crippen molar-refractivity contribution in [2.75, 3.05) is 6.61 Å². The molecule has 2 aromatic heterocycles. The van der Waals surface area contributed by atoms with Crippen molar-refractivity contribution < 1.29 is 19.1 Å². The van der Waals surface area contributed by atoms with E-state index in [1.807, 2.05) is 62.4 Å². The van der Waals surface area contributed by atoms with E-state index >= 15 is 0 Å². The van der Waals surface area contributed by atoms with Gasteiger partial charge in [-0.15, -0.1) is 0 Å². The average molecular weight is 439 g/mol. The fraction of sp³-hybridized carbons (Fsp3) is 0.231. The van der Waals surface area contributed by atoms with E-state index in [0.29, 0.717) is 24.3 Å². The third kappa shape index (κ3) is 2.46. The highest BCUT2D eigenvalue weighted by molar-refractivity contribution is 6.39. The van der Waals surface area contributed by atoms with Crippen LogP contribution in [-0.4, -0.2) is 39.9 Å². The van der Waals surface area contributed by atoms with Crippen LogP contribution in [0.1, 0.15) is 34.6 Å².